The van der Waals surface area contributed by atoms with Gasteiger partial charge in [0.05, 0.1) is 26.4 Å². The number of ether oxygens (including phenoxy) is 1. The molecule has 0 spiro atoms. The molecular formula is C6H13O3S. The average molecular weight is 165 g/mol. The van der Waals surface area contributed by atoms with Gasteiger partial charge in [0.1, 0.15) is 0 Å². The van der Waals surface area contributed by atoms with Gasteiger partial charge in [-0.1, -0.05) is 12.6 Å². The van der Waals surface area contributed by atoms with E-state index in [-0.39, 0.29) is 19.1 Å². The highest BCUT2D eigenvalue weighted by Crippen LogP contribution is 1.93. The highest BCUT2D eigenvalue weighted by molar-refractivity contribution is 7.80. The Balaban J connectivity index is 3.09. The fourth-order valence-corrected chi connectivity index (χ4v) is 0.590. The quantitative estimate of drug-likeness (QED) is 0.536. The zero-order valence-electron chi connectivity index (χ0n) is 5.82. The Morgan fingerprint density at radius 3 is 2.30 bits per heavy atom. The van der Waals surface area contributed by atoms with Crippen LogP contribution in [0.1, 0.15) is 0 Å². The van der Waals surface area contributed by atoms with Crippen molar-refractivity contribution in [3.63, 3.8) is 0 Å². The Labute approximate surface area is 66.4 Å². The van der Waals surface area contributed by atoms with Gasteiger partial charge in [-0.05, 0) is 0 Å². The number of rotatable bonds is 6. The summed E-state index contributed by atoms with van der Waals surface area (Å²) >= 11 is 4.63. The van der Waals surface area contributed by atoms with Gasteiger partial charge in [-0.25, -0.2) is 0 Å². The maximum atomic E-state index is 8.56. The minimum absolute atomic E-state index is 0.0338. The lowest BCUT2D eigenvalue weighted by molar-refractivity contribution is 0.0520. The van der Waals surface area contributed by atoms with Crippen LogP contribution >= 0.6 is 12.6 Å². The maximum Gasteiger partial charge on any atom is 0.0565 e. The van der Waals surface area contributed by atoms with Crippen LogP contribution in [0.15, 0.2) is 0 Å². The SMILES string of the molecule is OCC(CO)COCC[S]. The Hall–Kier alpha value is 0.230. The van der Waals surface area contributed by atoms with Crippen LogP contribution in [0, 0.1) is 5.92 Å². The molecule has 0 fully saturated rings. The predicted molar refractivity (Wildman–Crippen MR) is 40.9 cm³/mol. The molecule has 4 heteroatoms. The first-order chi connectivity index (χ1) is 4.85. The van der Waals surface area contributed by atoms with Crippen LogP contribution in [0.4, 0.5) is 0 Å². The second-order valence-electron chi connectivity index (χ2n) is 2.01. The van der Waals surface area contributed by atoms with Gasteiger partial charge in [-0.15, -0.1) is 0 Å². The summed E-state index contributed by atoms with van der Waals surface area (Å²) in [5.41, 5.74) is 0. The molecule has 1 radical (unpaired) electrons. The molecular weight excluding hydrogens is 152 g/mol. The number of aliphatic hydroxyl groups is 2. The lowest BCUT2D eigenvalue weighted by atomic mass is 10.2. The summed E-state index contributed by atoms with van der Waals surface area (Å²) in [6, 6.07) is 0. The topological polar surface area (TPSA) is 49.7 Å². The molecule has 0 aliphatic carbocycles. The molecule has 0 aromatic rings. The molecule has 0 unspecified atom stereocenters. The van der Waals surface area contributed by atoms with Crippen LogP contribution in [-0.4, -0.2) is 42.4 Å². The minimum atomic E-state index is -0.151. The Bertz CT molecular complexity index is 66.0. The molecule has 0 aromatic carbocycles. The van der Waals surface area contributed by atoms with Crippen molar-refractivity contribution in [1.82, 2.24) is 0 Å². The summed E-state index contributed by atoms with van der Waals surface area (Å²) in [7, 11) is 0. The average Bonchev–Trinajstić information content (AvgIpc) is 1.99. The molecule has 0 atom stereocenters. The van der Waals surface area contributed by atoms with Gasteiger partial charge in [0.2, 0.25) is 0 Å². The molecule has 10 heavy (non-hydrogen) atoms. The third kappa shape index (κ3) is 5.05. The van der Waals surface area contributed by atoms with E-state index in [4.69, 9.17) is 14.9 Å². The van der Waals surface area contributed by atoms with Crippen molar-refractivity contribution in [2.75, 3.05) is 32.2 Å². The summed E-state index contributed by atoms with van der Waals surface area (Å²) in [6.07, 6.45) is 0. The Morgan fingerprint density at radius 1 is 1.30 bits per heavy atom. The number of hydrogen-bond donors (Lipinski definition) is 2. The molecule has 0 aliphatic rings. The first kappa shape index (κ1) is 10.2. The highest BCUT2D eigenvalue weighted by Gasteiger charge is 2.04. The van der Waals surface area contributed by atoms with E-state index in [1.165, 1.54) is 0 Å². The van der Waals surface area contributed by atoms with E-state index >= 15 is 0 Å². The number of aliphatic hydroxyl groups excluding tert-OH is 2. The van der Waals surface area contributed by atoms with Crippen molar-refractivity contribution in [2.45, 2.75) is 0 Å². The fourth-order valence-electron chi connectivity index (χ4n) is 0.472. The Morgan fingerprint density at radius 2 is 1.90 bits per heavy atom. The second kappa shape index (κ2) is 7.34. The molecule has 3 nitrogen and oxygen atoms in total. The fraction of sp³-hybridized carbons (Fsp3) is 1.00. The van der Waals surface area contributed by atoms with Crippen LogP contribution in [-0.2, 0) is 4.74 Å². The standard InChI is InChI=1S/C6H13O3S/c7-3-6(4-8)5-9-1-2-10/h6-8H,1-5H2. The van der Waals surface area contributed by atoms with Gasteiger partial charge in [0.25, 0.3) is 0 Å². The van der Waals surface area contributed by atoms with Crippen LogP contribution in [0.3, 0.4) is 0 Å². The van der Waals surface area contributed by atoms with E-state index in [0.29, 0.717) is 19.0 Å². The van der Waals surface area contributed by atoms with E-state index in [1.807, 2.05) is 0 Å². The van der Waals surface area contributed by atoms with Gasteiger partial charge >= 0.3 is 0 Å². The van der Waals surface area contributed by atoms with Crippen molar-refractivity contribution in [2.24, 2.45) is 5.92 Å². The van der Waals surface area contributed by atoms with Crippen LogP contribution in [0.5, 0.6) is 0 Å². The zero-order chi connectivity index (χ0) is 7.82. The van der Waals surface area contributed by atoms with Gasteiger partial charge < -0.3 is 14.9 Å². The predicted octanol–water partition coefficient (Wildman–Crippen LogP) is -0.199. The van der Waals surface area contributed by atoms with Crippen molar-refractivity contribution < 1.29 is 14.9 Å². The molecule has 0 amide bonds. The van der Waals surface area contributed by atoms with Crippen LogP contribution < -0.4 is 0 Å². The molecule has 0 rings (SSSR count). The maximum absolute atomic E-state index is 8.56. The van der Waals surface area contributed by atoms with Crippen molar-refractivity contribution in [3.8, 4) is 0 Å². The van der Waals surface area contributed by atoms with Gasteiger partial charge in [-0.3, -0.25) is 0 Å². The van der Waals surface area contributed by atoms with Crippen molar-refractivity contribution in [3.05, 3.63) is 0 Å². The smallest absolute Gasteiger partial charge is 0.0565 e. The van der Waals surface area contributed by atoms with Gasteiger partial charge in [-0.2, -0.15) is 0 Å². The zero-order valence-corrected chi connectivity index (χ0v) is 6.64. The van der Waals surface area contributed by atoms with Crippen molar-refractivity contribution >= 4 is 12.6 Å². The number of hydrogen-bond acceptors (Lipinski definition) is 3. The second-order valence-corrected chi connectivity index (χ2v) is 2.42. The molecule has 2 N–H and O–H groups in total. The van der Waals surface area contributed by atoms with Crippen LogP contribution in [0.2, 0.25) is 0 Å². The summed E-state index contributed by atoms with van der Waals surface area (Å²) in [5.74, 6) is 0.408. The molecule has 0 saturated heterocycles. The van der Waals surface area contributed by atoms with E-state index in [1.54, 1.807) is 0 Å². The van der Waals surface area contributed by atoms with Crippen molar-refractivity contribution in [1.29, 1.82) is 0 Å². The first-order valence-electron chi connectivity index (χ1n) is 3.22. The van der Waals surface area contributed by atoms with E-state index in [0.717, 1.165) is 0 Å². The lowest BCUT2D eigenvalue weighted by Crippen LogP contribution is -2.18. The molecule has 0 saturated carbocycles. The summed E-state index contributed by atoms with van der Waals surface area (Å²) in [4.78, 5) is 0. The molecule has 61 valence electrons. The third-order valence-electron chi connectivity index (χ3n) is 1.10. The largest absolute Gasteiger partial charge is 0.396 e. The summed E-state index contributed by atoms with van der Waals surface area (Å²) in [6.45, 7) is 0.845. The molecule has 0 heterocycles. The molecule has 0 aliphatic heterocycles. The molecule has 0 aromatic heterocycles. The normalized spacial score (nSPS) is 10.8. The van der Waals surface area contributed by atoms with E-state index in [9.17, 15) is 0 Å². The highest BCUT2D eigenvalue weighted by atomic mass is 32.1. The van der Waals surface area contributed by atoms with Gasteiger partial charge in [0.15, 0.2) is 0 Å². The third-order valence-corrected chi connectivity index (χ3v) is 1.26. The lowest BCUT2D eigenvalue weighted by Gasteiger charge is -2.09. The summed E-state index contributed by atoms with van der Waals surface area (Å²) < 4.78 is 5.00. The minimum Gasteiger partial charge on any atom is -0.396 e. The molecule has 0 bridgehead atoms. The summed E-state index contributed by atoms with van der Waals surface area (Å²) in [5, 5.41) is 17.1. The van der Waals surface area contributed by atoms with Crippen LogP contribution in [0.25, 0.3) is 0 Å². The Kier molecular flexibility index (Phi) is 7.51. The monoisotopic (exact) mass is 165 g/mol. The van der Waals surface area contributed by atoms with Gasteiger partial charge in [0, 0.05) is 11.7 Å². The van der Waals surface area contributed by atoms with E-state index < -0.39 is 0 Å². The van der Waals surface area contributed by atoms with E-state index in [2.05, 4.69) is 12.6 Å². The first-order valence-corrected chi connectivity index (χ1v) is 3.80.